The summed E-state index contributed by atoms with van der Waals surface area (Å²) in [5, 5.41) is 3.03. The number of piperidine rings is 1. The van der Waals surface area contributed by atoms with Gasteiger partial charge in [-0.05, 0) is 56.7 Å². The second-order valence-electron chi connectivity index (χ2n) is 8.93. The van der Waals surface area contributed by atoms with Gasteiger partial charge in [0.1, 0.15) is 0 Å². The number of nitrogens with zero attached hydrogens (tertiary/aromatic N) is 2. The Morgan fingerprint density at radius 2 is 1.62 bits per heavy atom. The summed E-state index contributed by atoms with van der Waals surface area (Å²) in [4.78, 5) is 27.5. The smallest absolute Gasteiger partial charge is 0.251 e. The molecule has 0 saturated carbocycles. The lowest BCUT2D eigenvalue weighted by atomic mass is 9.98. The molecule has 0 bridgehead atoms. The number of rotatable bonds is 7. The zero-order valence-corrected chi connectivity index (χ0v) is 20.2. The van der Waals surface area contributed by atoms with Crippen LogP contribution in [0, 0.1) is 5.92 Å². The van der Waals surface area contributed by atoms with Crippen molar-refractivity contribution in [1.82, 2.24) is 14.5 Å². The van der Waals surface area contributed by atoms with E-state index in [9.17, 15) is 18.0 Å². The van der Waals surface area contributed by atoms with Gasteiger partial charge in [-0.2, -0.15) is 4.31 Å². The third-order valence-corrected chi connectivity index (χ3v) is 8.67. The summed E-state index contributed by atoms with van der Waals surface area (Å²) in [6, 6.07) is 6.33. The molecule has 2 heterocycles. The molecule has 0 atom stereocenters. The summed E-state index contributed by atoms with van der Waals surface area (Å²) >= 11 is 0. The normalized spacial score (nSPS) is 19.0. The number of amides is 2. The molecule has 1 aromatic carbocycles. The fourth-order valence-corrected chi connectivity index (χ4v) is 6.20. The van der Waals surface area contributed by atoms with Gasteiger partial charge in [-0.25, -0.2) is 8.42 Å². The van der Waals surface area contributed by atoms with Crippen LogP contribution in [0.5, 0.6) is 0 Å². The van der Waals surface area contributed by atoms with E-state index in [2.05, 4.69) is 5.32 Å². The number of sulfonamides is 1. The molecule has 1 N–H and O–H groups in total. The monoisotopic (exact) mass is 463 g/mol. The summed E-state index contributed by atoms with van der Waals surface area (Å²) in [6.45, 7) is 6.44. The van der Waals surface area contributed by atoms with Crippen LogP contribution in [0.4, 0.5) is 0 Å². The second-order valence-corrected chi connectivity index (χ2v) is 10.9. The Morgan fingerprint density at radius 1 is 1.00 bits per heavy atom. The van der Waals surface area contributed by atoms with Gasteiger partial charge in [-0.15, -0.1) is 0 Å². The minimum atomic E-state index is -3.60. The molecule has 2 aliphatic rings. The molecule has 0 unspecified atom stereocenters. The molecule has 0 aliphatic carbocycles. The molecule has 178 valence electrons. The third-order valence-electron chi connectivity index (χ3n) is 6.78. The first kappa shape index (κ1) is 24.7. The summed E-state index contributed by atoms with van der Waals surface area (Å²) in [6.07, 6.45) is 6.97. The molecule has 1 aromatic rings. The highest BCUT2D eigenvalue weighted by Gasteiger charge is 2.28. The maximum Gasteiger partial charge on any atom is 0.251 e. The van der Waals surface area contributed by atoms with Gasteiger partial charge in [0.15, 0.2) is 0 Å². The Morgan fingerprint density at radius 3 is 2.22 bits per heavy atom. The zero-order chi connectivity index (χ0) is 23.1. The lowest BCUT2D eigenvalue weighted by molar-refractivity contribution is -0.136. The number of hydrogen-bond acceptors (Lipinski definition) is 4. The fraction of sp³-hybridized carbons (Fsp3) is 0.667. The summed E-state index contributed by atoms with van der Waals surface area (Å²) in [5.74, 6) is 0.0314. The lowest BCUT2D eigenvalue weighted by Crippen LogP contribution is -2.48. The van der Waals surface area contributed by atoms with Crippen LogP contribution in [-0.4, -0.2) is 61.7 Å². The van der Waals surface area contributed by atoms with E-state index in [1.165, 1.54) is 6.07 Å². The molecule has 0 spiro atoms. The molecule has 2 saturated heterocycles. The maximum atomic E-state index is 13.1. The van der Waals surface area contributed by atoms with Gasteiger partial charge in [0.25, 0.3) is 5.91 Å². The van der Waals surface area contributed by atoms with Crippen molar-refractivity contribution in [2.75, 3.05) is 26.2 Å². The molecule has 0 aromatic heterocycles. The molecule has 2 aliphatic heterocycles. The predicted molar refractivity (Wildman–Crippen MR) is 125 cm³/mol. The van der Waals surface area contributed by atoms with E-state index >= 15 is 0 Å². The van der Waals surface area contributed by atoms with E-state index in [0.29, 0.717) is 44.6 Å². The third kappa shape index (κ3) is 5.90. The first-order valence-corrected chi connectivity index (χ1v) is 13.5. The first-order chi connectivity index (χ1) is 15.4. The average Bonchev–Trinajstić information content (AvgIpc) is 3.11. The number of likely N-dealkylation sites (tertiary alicyclic amines) is 1. The highest BCUT2D eigenvalue weighted by atomic mass is 32.2. The number of carbonyl (C=O) groups is 2. The molecule has 2 amide bonds. The molecule has 0 radical (unpaired) electrons. The van der Waals surface area contributed by atoms with Crippen molar-refractivity contribution in [3.8, 4) is 0 Å². The number of benzene rings is 1. The van der Waals surface area contributed by atoms with Crippen molar-refractivity contribution in [1.29, 1.82) is 0 Å². The maximum absolute atomic E-state index is 13.1. The van der Waals surface area contributed by atoms with Gasteiger partial charge in [0.2, 0.25) is 15.9 Å². The molecular weight excluding hydrogens is 426 g/mol. The van der Waals surface area contributed by atoms with Crippen LogP contribution >= 0.6 is 0 Å². The van der Waals surface area contributed by atoms with Crippen molar-refractivity contribution < 1.29 is 18.0 Å². The Kier molecular flexibility index (Phi) is 8.71. The molecule has 32 heavy (non-hydrogen) atoms. The van der Waals surface area contributed by atoms with Crippen LogP contribution in [0.15, 0.2) is 29.2 Å². The highest BCUT2D eigenvalue weighted by Crippen LogP contribution is 2.22. The fourth-order valence-electron chi connectivity index (χ4n) is 4.64. The highest BCUT2D eigenvalue weighted by molar-refractivity contribution is 7.89. The van der Waals surface area contributed by atoms with Crippen molar-refractivity contribution in [2.24, 2.45) is 5.92 Å². The van der Waals surface area contributed by atoms with Gasteiger partial charge < -0.3 is 10.2 Å². The molecule has 3 rings (SSSR count). The Balaban J connectivity index is 1.60. The summed E-state index contributed by atoms with van der Waals surface area (Å²) < 4.78 is 27.7. The van der Waals surface area contributed by atoms with Crippen LogP contribution in [-0.2, 0) is 14.8 Å². The number of nitrogens with one attached hydrogen (secondary N) is 1. The molecule has 8 heteroatoms. The van der Waals surface area contributed by atoms with Crippen molar-refractivity contribution in [3.05, 3.63) is 29.8 Å². The van der Waals surface area contributed by atoms with E-state index < -0.39 is 10.0 Å². The molecular formula is C24H37N3O4S. The minimum Gasteiger partial charge on any atom is -0.349 e. The molecule has 7 nitrogen and oxygen atoms in total. The van der Waals surface area contributed by atoms with Crippen LogP contribution < -0.4 is 5.32 Å². The van der Waals surface area contributed by atoms with E-state index in [0.717, 1.165) is 38.5 Å². The van der Waals surface area contributed by atoms with Crippen LogP contribution in [0.1, 0.15) is 75.6 Å². The average molecular weight is 464 g/mol. The Labute approximate surface area is 192 Å². The number of carbonyl (C=O) groups excluding carboxylic acids is 2. The standard InChI is InChI=1S/C24H37N3O4S/c1-3-19(4-2)24(29)26-16-12-21(13-17-26)25-23(28)20-10-9-11-22(18-20)32(30,31)27-14-7-5-6-8-15-27/h9-11,18-19,21H,3-8,12-17H2,1-2H3,(H,25,28). The van der Waals surface area contributed by atoms with Crippen LogP contribution in [0.2, 0.25) is 0 Å². The lowest BCUT2D eigenvalue weighted by Gasteiger charge is -2.34. The van der Waals surface area contributed by atoms with Crippen LogP contribution in [0.3, 0.4) is 0 Å². The van der Waals surface area contributed by atoms with Crippen LogP contribution in [0.25, 0.3) is 0 Å². The number of hydrogen-bond donors (Lipinski definition) is 1. The Bertz CT molecular complexity index is 882. The van der Waals surface area contributed by atoms with Crippen molar-refractivity contribution >= 4 is 21.8 Å². The van der Waals surface area contributed by atoms with Crippen molar-refractivity contribution in [2.45, 2.75) is 76.2 Å². The Hall–Kier alpha value is -1.93. The van der Waals surface area contributed by atoms with Gasteiger partial charge in [0.05, 0.1) is 4.90 Å². The van der Waals surface area contributed by atoms with E-state index in [-0.39, 0.29) is 28.7 Å². The summed E-state index contributed by atoms with van der Waals surface area (Å²) in [5.41, 5.74) is 0.358. The van der Waals surface area contributed by atoms with Gasteiger partial charge >= 0.3 is 0 Å². The van der Waals surface area contributed by atoms with Gasteiger partial charge in [0, 0.05) is 43.7 Å². The van der Waals surface area contributed by atoms with Crippen molar-refractivity contribution in [3.63, 3.8) is 0 Å². The predicted octanol–water partition coefficient (Wildman–Crippen LogP) is 3.41. The van der Waals surface area contributed by atoms with E-state index in [1.807, 2.05) is 18.7 Å². The second kappa shape index (κ2) is 11.3. The minimum absolute atomic E-state index is 0.0147. The summed E-state index contributed by atoms with van der Waals surface area (Å²) in [7, 11) is -3.60. The van der Waals surface area contributed by atoms with E-state index in [4.69, 9.17) is 0 Å². The van der Waals surface area contributed by atoms with Gasteiger partial charge in [-0.3, -0.25) is 9.59 Å². The molecule has 2 fully saturated rings. The van der Waals surface area contributed by atoms with E-state index in [1.54, 1.807) is 22.5 Å². The zero-order valence-electron chi connectivity index (χ0n) is 19.4. The van der Waals surface area contributed by atoms with Gasteiger partial charge in [-0.1, -0.05) is 32.8 Å². The largest absolute Gasteiger partial charge is 0.349 e. The quantitative estimate of drug-likeness (QED) is 0.671. The first-order valence-electron chi connectivity index (χ1n) is 12.1. The SMILES string of the molecule is CCC(CC)C(=O)N1CCC(NC(=O)c2cccc(S(=O)(=O)N3CCCCCC3)c2)CC1. The topological polar surface area (TPSA) is 86.8 Å².